The Morgan fingerprint density at radius 3 is 3.07 bits per heavy atom. The number of aromatic nitrogens is 3. The summed E-state index contributed by atoms with van der Waals surface area (Å²) in [5.74, 6) is 5.56. The third-order valence-corrected chi connectivity index (χ3v) is 2.83. The fraction of sp³-hybridized carbons (Fsp3) is 0.778. The molecule has 0 amide bonds. The van der Waals surface area contributed by atoms with Crippen LogP contribution in [0.5, 0.6) is 0 Å². The zero-order valence-corrected chi connectivity index (χ0v) is 8.89. The summed E-state index contributed by atoms with van der Waals surface area (Å²) in [7, 11) is 1.86. The minimum atomic E-state index is -0.0229. The van der Waals surface area contributed by atoms with Crippen molar-refractivity contribution in [2.75, 3.05) is 6.61 Å². The van der Waals surface area contributed by atoms with E-state index in [1.165, 1.54) is 6.42 Å². The van der Waals surface area contributed by atoms with E-state index in [1.807, 2.05) is 7.05 Å². The molecule has 2 atom stereocenters. The fourth-order valence-electron chi connectivity index (χ4n) is 1.99. The highest BCUT2D eigenvalue weighted by atomic mass is 16.5. The van der Waals surface area contributed by atoms with Crippen LogP contribution in [0.4, 0.5) is 0 Å². The SMILES string of the molecule is Cn1nncc1C(NN)C1CCCCO1. The van der Waals surface area contributed by atoms with Crippen molar-refractivity contribution >= 4 is 0 Å². The molecule has 1 aliphatic heterocycles. The molecule has 2 unspecified atom stereocenters. The molecule has 1 aromatic rings. The molecule has 3 N–H and O–H groups in total. The van der Waals surface area contributed by atoms with E-state index >= 15 is 0 Å². The van der Waals surface area contributed by atoms with E-state index in [4.69, 9.17) is 10.6 Å². The molecule has 0 saturated carbocycles. The van der Waals surface area contributed by atoms with Gasteiger partial charge in [-0.25, -0.2) is 5.43 Å². The average Bonchev–Trinajstić information content (AvgIpc) is 2.68. The molecule has 15 heavy (non-hydrogen) atoms. The Balaban J connectivity index is 2.12. The lowest BCUT2D eigenvalue weighted by Crippen LogP contribution is -2.40. The zero-order chi connectivity index (χ0) is 10.7. The number of hydrazine groups is 1. The van der Waals surface area contributed by atoms with Gasteiger partial charge in [-0.3, -0.25) is 10.5 Å². The van der Waals surface area contributed by atoms with Gasteiger partial charge in [0.1, 0.15) is 0 Å². The Morgan fingerprint density at radius 1 is 1.67 bits per heavy atom. The quantitative estimate of drug-likeness (QED) is 0.538. The highest BCUT2D eigenvalue weighted by Gasteiger charge is 2.27. The third-order valence-electron chi connectivity index (χ3n) is 2.83. The van der Waals surface area contributed by atoms with Gasteiger partial charge in [-0.2, -0.15) is 0 Å². The topological polar surface area (TPSA) is 78.0 Å². The van der Waals surface area contributed by atoms with E-state index < -0.39 is 0 Å². The fourth-order valence-corrected chi connectivity index (χ4v) is 1.99. The van der Waals surface area contributed by atoms with E-state index in [1.54, 1.807) is 10.9 Å². The van der Waals surface area contributed by atoms with Gasteiger partial charge in [-0.15, -0.1) is 5.10 Å². The molecule has 0 aromatic carbocycles. The monoisotopic (exact) mass is 211 g/mol. The summed E-state index contributed by atoms with van der Waals surface area (Å²) < 4.78 is 7.42. The molecule has 1 aromatic heterocycles. The number of ether oxygens (including phenoxy) is 1. The molecule has 0 bridgehead atoms. The van der Waals surface area contributed by atoms with Crippen LogP contribution in [0.15, 0.2) is 6.20 Å². The number of nitrogens with one attached hydrogen (secondary N) is 1. The molecule has 2 rings (SSSR count). The van der Waals surface area contributed by atoms with Crippen LogP contribution < -0.4 is 11.3 Å². The average molecular weight is 211 g/mol. The molecule has 6 heteroatoms. The first-order chi connectivity index (χ1) is 7.33. The number of hydrogen-bond donors (Lipinski definition) is 2. The van der Waals surface area contributed by atoms with Gasteiger partial charge in [0.05, 0.1) is 24.0 Å². The van der Waals surface area contributed by atoms with Crippen LogP contribution in [-0.2, 0) is 11.8 Å². The summed E-state index contributed by atoms with van der Waals surface area (Å²) >= 11 is 0. The maximum atomic E-state index is 5.70. The van der Waals surface area contributed by atoms with E-state index in [0.717, 1.165) is 25.1 Å². The number of aryl methyl sites for hydroxylation is 1. The second-order valence-corrected chi connectivity index (χ2v) is 3.83. The Labute approximate surface area is 88.7 Å². The van der Waals surface area contributed by atoms with E-state index in [9.17, 15) is 0 Å². The summed E-state index contributed by atoms with van der Waals surface area (Å²) in [6.07, 6.45) is 5.20. The summed E-state index contributed by atoms with van der Waals surface area (Å²) in [5, 5.41) is 7.74. The Hall–Kier alpha value is -0.980. The molecular formula is C9H17N5O. The van der Waals surface area contributed by atoms with Crippen molar-refractivity contribution in [3.8, 4) is 0 Å². The maximum absolute atomic E-state index is 5.70. The Morgan fingerprint density at radius 2 is 2.53 bits per heavy atom. The predicted molar refractivity (Wildman–Crippen MR) is 54.7 cm³/mol. The number of hydrogen-bond acceptors (Lipinski definition) is 5. The lowest BCUT2D eigenvalue weighted by atomic mass is 10.0. The van der Waals surface area contributed by atoms with E-state index in [2.05, 4.69) is 15.7 Å². The van der Waals surface area contributed by atoms with Crippen molar-refractivity contribution in [1.29, 1.82) is 0 Å². The molecule has 1 aliphatic rings. The van der Waals surface area contributed by atoms with Crippen LogP contribution in [-0.4, -0.2) is 27.7 Å². The van der Waals surface area contributed by atoms with Gasteiger partial charge >= 0.3 is 0 Å². The predicted octanol–water partition coefficient (Wildman–Crippen LogP) is -0.111. The second kappa shape index (κ2) is 4.69. The summed E-state index contributed by atoms with van der Waals surface area (Å²) in [6.45, 7) is 0.814. The van der Waals surface area contributed by atoms with Crippen LogP contribution in [0.2, 0.25) is 0 Å². The largest absolute Gasteiger partial charge is 0.376 e. The number of nitrogens with zero attached hydrogens (tertiary/aromatic N) is 3. The molecule has 1 fully saturated rings. The van der Waals surface area contributed by atoms with Gasteiger partial charge in [-0.1, -0.05) is 5.21 Å². The van der Waals surface area contributed by atoms with Gasteiger partial charge in [0.15, 0.2) is 0 Å². The lowest BCUT2D eigenvalue weighted by molar-refractivity contribution is -0.00985. The van der Waals surface area contributed by atoms with Crippen LogP contribution in [0.25, 0.3) is 0 Å². The van der Waals surface area contributed by atoms with Crippen molar-refractivity contribution in [3.05, 3.63) is 11.9 Å². The van der Waals surface area contributed by atoms with Crippen LogP contribution in [0.1, 0.15) is 31.0 Å². The van der Waals surface area contributed by atoms with Crippen molar-refractivity contribution in [2.24, 2.45) is 12.9 Å². The van der Waals surface area contributed by atoms with Gasteiger partial charge in [0.25, 0.3) is 0 Å². The van der Waals surface area contributed by atoms with Gasteiger partial charge in [-0.05, 0) is 19.3 Å². The van der Waals surface area contributed by atoms with Gasteiger partial charge in [0, 0.05) is 13.7 Å². The Kier molecular flexibility index (Phi) is 3.30. The minimum Gasteiger partial charge on any atom is -0.376 e. The number of rotatable bonds is 3. The third kappa shape index (κ3) is 2.17. The highest BCUT2D eigenvalue weighted by molar-refractivity contribution is 5.04. The van der Waals surface area contributed by atoms with Crippen molar-refractivity contribution in [3.63, 3.8) is 0 Å². The normalized spacial score (nSPS) is 24.0. The summed E-state index contributed by atoms with van der Waals surface area (Å²) in [6, 6.07) is -0.0229. The summed E-state index contributed by atoms with van der Waals surface area (Å²) in [5.41, 5.74) is 3.75. The van der Waals surface area contributed by atoms with Crippen LogP contribution in [0, 0.1) is 0 Å². The van der Waals surface area contributed by atoms with Crippen LogP contribution in [0.3, 0.4) is 0 Å². The first-order valence-electron chi connectivity index (χ1n) is 5.25. The van der Waals surface area contributed by atoms with Crippen molar-refractivity contribution < 1.29 is 4.74 Å². The van der Waals surface area contributed by atoms with Gasteiger partial charge in [0.2, 0.25) is 0 Å². The molecule has 0 radical (unpaired) electrons. The Bertz CT molecular complexity index is 307. The van der Waals surface area contributed by atoms with Crippen molar-refractivity contribution in [1.82, 2.24) is 20.4 Å². The maximum Gasteiger partial charge on any atom is 0.0906 e. The highest BCUT2D eigenvalue weighted by Crippen LogP contribution is 2.24. The molecule has 2 heterocycles. The second-order valence-electron chi connectivity index (χ2n) is 3.83. The molecule has 6 nitrogen and oxygen atoms in total. The minimum absolute atomic E-state index is 0.0229. The molecule has 1 saturated heterocycles. The van der Waals surface area contributed by atoms with Gasteiger partial charge < -0.3 is 4.74 Å². The van der Waals surface area contributed by atoms with E-state index in [0.29, 0.717) is 0 Å². The molecule has 0 spiro atoms. The molecule has 84 valence electrons. The zero-order valence-electron chi connectivity index (χ0n) is 8.89. The smallest absolute Gasteiger partial charge is 0.0906 e. The van der Waals surface area contributed by atoms with Crippen molar-refractivity contribution in [2.45, 2.75) is 31.4 Å². The lowest BCUT2D eigenvalue weighted by Gasteiger charge is -2.29. The number of nitrogens with two attached hydrogens (primary N) is 1. The van der Waals surface area contributed by atoms with E-state index in [-0.39, 0.29) is 12.1 Å². The summed E-state index contributed by atoms with van der Waals surface area (Å²) in [4.78, 5) is 0. The standard InChI is InChI=1S/C9H17N5O/c1-14-7(6-11-13-14)9(12-10)8-4-2-3-5-15-8/h6,8-9,12H,2-5,10H2,1H3. The molecular weight excluding hydrogens is 194 g/mol. The first kappa shape index (κ1) is 10.5. The first-order valence-corrected chi connectivity index (χ1v) is 5.25. The molecule has 0 aliphatic carbocycles. The van der Waals surface area contributed by atoms with Crippen LogP contribution >= 0.6 is 0 Å².